The van der Waals surface area contributed by atoms with Crippen LogP contribution in [0.2, 0.25) is 0 Å². The number of hydrogen-bond acceptors (Lipinski definition) is 5. The fourth-order valence-corrected chi connectivity index (χ4v) is 2.86. The first-order valence-corrected chi connectivity index (χ1v) is 8.20. The van der Waals surface area contributed by atoms with Crippen molar-refractivity contribution < 1.29 is 19.0 Å². The normalized spacial score (nSPS) is 21.3. The molecule has 0 saturated carbocycles. The third-order valence-corrected chi connectivity index (χ3v) is 4.12. The average molecular weight is 336 g/mol. The molecule has 1 aromatic rings. The highest BCUT2D eigenvalue weighted by molar-refractivity contribution is 5.68. The molecule has 24 heavy (non-hydrogen) atoms. The summed E-state index contributed by atoms with van der Waals surface area (Å²) in [5, 5.41) is 0. The standard InChI is InChI=1S/C18H28N2O4/c1-18(2,3)24-17(21)20-7-6-16(19)15(11-20)12-8-13(22-4)10-14(9-12)23-5/h8-10,15-16H,6-7,11,19H2,1-5H3/t15-,16+/m1/s1. The van der Waals surface area contributed by atoms with E-state index in [2.05, 4.69) is 0 Å². The van der Waals surface area contributed by atoms with E-state index in [-0.39, 0.29) is 18.1 Å². The molecule has 0 aromatic heterocycles. The van der Waals surface area contributed by atoms with Gasteiger partial charge in [-0.1, -0.05) is 0 Å². The minimum Gasteiger partial charge on any atom is -0.497 e. The van der Waals surface area contributed by atoms with Crippen molar-refractivity contribution in [3.63, 3.8) is 0 Å². The number of nitrogens with zero attached hydrogens (tertiary/aromatic N) is 1. The molecule has 0 aliphatic carbocycles. The van der Waals surface area contributed by atoms with Gasteiger partial charge in [-0.05, 0) is 44.9 Å². The third-order valence-electron chi connectivity index (χ3n) is 4.12. The molecule has 134 valence electrons. The number of methoxy groups -OCH3 is 2. The number of carbonyl (C=O) groups is 1. The van der Waals surface area contributed by atoms with Gasteiger partial charge in [0, 0.05) is 31.1 Å². The Labute approximate surface area is 143 Å². The van der Waals surface area contributed by atoms with Gasteiger partial charge in [0.1, 0.15) is 17.1 Å². The number of likely N-dealkylation sites (tertiary alicyclic amines) is 1. The molecule has 1 amide bonds. The van der Waals surface area contributed by atoms with Crippen LogP contribution in [0.3, 0.4) is 0 Å². The van der Waals surface area contributed by atoms with E-state index in [0.717, 1.165) is 12.0 Å². The van der Waals surface area contributed by atoms with Crippen LogP contribution in [0.25, 0.3) is 0 Å². The molecule has 6 heteroatoms. The van der Waals surface area contributed by atoms with Gasteiger partial charge in [-0.2, -0.15) is 0 Å². The first kappa shape index (κ1) is 18.4. The van der Waals surface area contributed by atoms with E-state index in [9.17, 15) is 4.79 Å². The fraction of sp³-hybridized carbons (Fsp3) is 0.611. The van der Waals surface area contributed by atoms with Crippen LogP contribution in [-0.2, 0) is 4.74 Å². The van der Waals surface area contributed by atoms with Crippen molar-refractivity contribution in [1.82, 2.24) is 4.90 Å². The number of benzene rings is 1. The van der Waals surface area contributed by atoms with Gasteiger partial charge < -0.3 is 24.8 Å². The minimum atomic E-state index is -0.509. The number of carbonyl (C=O) groups excluding carboxylic acids is 1. The predicted molar refractivity (Wildman–Crippen MR) is 92.7 cm³/mol. The molecule has 2 atom stereocenters. The van der Waals surface area contributed by atoms with Crippen LogP contribution in [0, 0.1) is 0 Å². The molecule has 0 unspecified atom stereocenters. The largest absolute Gasteiger partial charge is 0.497 e. The van der Waals surface area contributed by atoms with Crippen LogP contribution in [0.5, 0.6) is 11.5 Å². The van der Waals surface area contributed by atoms with Gasteiger partial charge in [0.25, 0.3) is 0 Å². The van der Waals surface area contributed by atoms with Gasteiger partial charge in [-0.15, -0.1) is 0 Å². The highest BCUT2D eigenvalue weighted by Gasteiger charge is 2.33. The topological polar surface area (TPSA) is 74.0 Å². The number of hydrogen-bond donors (Lipinski definition) is 1. The van der Waals surface area contributed by atoms with Crippen molar-refractivity contribution in [1.29, 1.82) is 0 Å². The van der Waals surface area contributed by atoms with Crippen molar-refractivity contribution >= 4 is 6.09 Å². The number of nitrogens with two attached hydrogens (primary N) is 1. The molecular weight excluding hydrogens is 308 g/mol. The maximum absolute atomic E-state index is 12.4. The second-order valence-electron chi connectivity index (χ2n) is 7.13. The van der Waals surface area contributed by atoms with Gasteiger partial charge >= 0.3 is 6.09 Å². The smallest absolute Gasteiger partial charge is 0.410 e. The minimum absolute atomic E-state index is 0.00951. The van der Waals surface area contributed by atoms with Crippen LogP contribution in [0.4, 0.5) is 4.79 Å². The zero-order valence-corrected chi connectivity index (χ0v) is 15.2. The first-order chi connectivity index (χ1) is 11.2. The lowest BCUT2D eigenvalue weighted by Crippen LogP contribution is -2.49. The van der Waals surface area contributed by atoms with E-state index in [4.69, 9.17) is 19.9 Å². The SMILES string of the molecule is COc1cc(OC)cc([C@H]2CN(C(=O)OC(C)(C)C)CC[C@@H]2N)c1. The number of amides is 1. The molecule has 0 spiro atoms. The lowest BCUT2D eigenvalue weighted by molar-refractivity contribution is 0.0186. The van der Waals surface area contributed by atoms with Crippen molar-refractivity contribution in [3.05, 3.63) is 23.8 Å². The molecule has 0 radical (unpaired) electrons. The molecular formula is C18H28N2O4. The Morgan fingerprint density at radius 2 is 1.75 bits per heavy atom. The Kier molecular flexibility index (Phi) is 5.59. The molecule has 1 fully saturated rings. The Morgan fingerprint density at radius 1 is 1.17 bits per heavy atom. The quantitative estimate of drug-likeness (QED) is 0.919. The predicted octanol–water partition coefficient (Wildman–Crippen LogP) is 2.76. The molecule has 0 bridgehead atoms. The Morgan fingerprint density at radius 3 is 2.25 bits per heavy atom. The summed E-state index contributed by atoms with van der Waals surface area (Å²) in [5.74, 6) is 1.44. The van der Waals surface area contributed by atoms with Crippen LogP contribution in [0.15, 0.2) is 18.2 Å². The highest BCUT2D eigenvalue weighted by Crippen LogP contribution is 2.32. The van der Waals surface area contributed by atoms with Gasteiger partial charge in [0.05, 0.1) is 14.2 Å². The van der Waals surface area contributed by atoms with Crippen molar-refractivity contribution in [2.24, 2.45) is 5.73 Å². The Hall–Kier alpha value is -1.95. The van der Waals surface area contributed by atoms with Crippen molar-refractivity contribution in [3.8, 4) is 11.5 Å². The van der Waals surface area contributed by atoms with E-state index in [1.54, 1.807) is 19.1 Å². The van der Waals surface area contributed by atoms with Crippen molar-refractivity contribution in [2.45, 2.75) is 44.8 Å². The zero-order valence-electron chi connectivity index (χ0n) is 15.2. The van der Waals surface area contributed by atoms with Gasteiger partial charge in [-0.25, -0.2) is 4.79 Å². The average Bonchev–Trinajstić information content (AvgIpc) is 2.53. The van der Waals surface area contributed by atoms with E-state index in [0.29, 0.717) is 24.6 Å². The summed E-state index contributed by atoms with van der Waals surface area (Å²) in [6, 6.07) is 5.70. The molecule has 2 N–H and O–H groups in total. The summed E-state index contributed by atoms with van der Waals surface area (Å²) in [4.78, 5) is 14.1. The maximum Gasteiger partial charge on any atom is 0.410 e. The molecule has 1 aromatic carbocycles. The van der Waals surface area contributed by atoms with Gasteiger partial charge in [0.15, 0.2) is 0 Å². The van der Waals surface area contributed by atoms with Crippen LogP contribution < -0.4 is 15.2 Å². The third kappa shape index (κ3) is 4.54. The number of piperidine rings is 1. The summed E-state index contributed by atoms with van der Waals surface area (Å²) in [6.07, 6.45) is 0.429. The Balaban J connectivity index is 2.21. The molecule has 1 aliphatic rings. The second-order valence-corrected chi connectivity index (χ2v) is 7.13. The first-order valence-electron chi connectivity index (χ1n) is 8.20. The molecule has 1 heterocycles. The van der Waals surface area contributed by atoms with E-state index in [1.807, 2.05) is 39.0 Å². The summed E-state index contributed by atoms with van der Waals surface area (Å²) < 4.78 is 16.2. The summed E-state index contributed by atoms with van der Waals surface area (Å²) in [6.45, 7) is 6.72. The molecule has 1 aliphatic heterocycles. The number of ether oxygens (including phenoxy) is 3. The monoisotopic (exact) mass is 336 g/mol. The van der Waals surface area contributed by atoms with Gasteiger partial charge in [-0.3, -0.25) is 0 Å². The molecule has 2 rings (SSSR count). The number of rotatable bonds is 3. The van der Waals surface area contributed by atoms with E-state index >= 15 is 0 Å². The summed E-state index contributed by atoms with van der Waals surface area (Å²) in [7, 11) is 3.23. The molecule has 1 saturated heterocycles. The van der Waals surface area contributed by atoms with Crippen LogP contribution >= 0.6 is 0 Å². The van der Waals surface area contributed by atoms with E-state index < -0.39 is 5.60 Å². The van der Waals surface area contributed by atoms with Crippen LogP contribution in [0.1, 0.15) is 38.7 Å². The Bertz CT molecular complexity index is 561. The van der Waals surface area contributed by atoms with Crippen LogP contribution in [-0.4, -0.2) is 49.9 Å². The highest BCUT2D eigenvalue weighted by atomic mass is 16.6. The van der Waals surface area contributed by atoms with E-state index in [1.165, 1.54) is 0 Å². The summed E-state index contributed by atoms with van der Waals surface area (Å²) >= 11 is 0. The lowest BCUT2D eigenvalue weighted by Gasteiger charge is -2.38. The maximum atomic E-state index is 12.4. The lowest BCUT2D eigenvalue weighted by atomic mass is 9.86. The van der Waals surface area contributed by atoms with Crippen molar-refractivity contribution in [2.75, 3.05) is 27.3 Å². The zero-order chi connectivity index (χ0) is 17.9. The fourth-order valence-electron chi connectivity index (χ4n) is 2.86. The molecule has 6 nitrogen and oxygen atoms in total. The summed E-state index contributed by atoms with van der Waals surface area (Å²) in [5.41, 5.74) is 6.82. The second kappa shape index (κ2) is 7.30. The van der Waals surface area contributed by atoms with Gasteiger partial charge in [0.2, 0.25) is 0 Å².